The van der Waals surface area contributed by atoms with E-state index >= 15 is 0 Å². The minimum Gasteiger partial charge on any atom is -0.481 e. The topological polar surface area (TPSA) is 265 Å². The standard InChI is InChI=1S/C50H86IN5O14/c51-48(63)42-18-17-29-56(42)46(60)38-70-35-33-68-31-28-53-45(59)37-69-34-32-67-30-27-52-44(58)26-25-41(50(65)66)55-49(64)40-23-21-39(22-24-40)36-54-43(57)19-15-13-11-9-7-5-3-1-2-4-6-8-10-12-14-16-20-47(61)62/h39-42H,1-38H2,(H,52,58)(H,53,59)(H,54,57)(H,55,64)(H,61,62)(H,65,66). The third-order valence-electron chi connectivity index (χ3n) is 12.8. The highest BCUT2D eigenvalue weighted by molar-refractivity contribution is 14.1. The highest BCUT2D eigenvalue weighted by Crippen LogP contribution is 2.29. The van der Waals surface area contributed by atoms with Crippen LogP contribution in [-0.4, -0.2) is 151 Å². The fraction of sp³-hybridized carbons (Fsp3) is 0.840. The fourth-order valence-corrected chi connectivity index (χ4v) is 9.29. The molecular formula is C50H86IN5O14. The van der Waals surface area contributed by atoms with Crippen molar-refractivity contribution < 1.29 is 67.5 Å². The van der Waals surface area contributed by atoms with Crippen LogP contribution < -0.4 is 21.3 Å². The molecule has 2 unspecified atom stereocenters. The van der Waals surface area contributed by atoms with Crippen LogP contribution in [0.15, 0.2) is 0 Å². The van der Waals surface area contributed by atoms with E-state index in [1.165, 1.54) is 64.2 Å². The van der Waals surface area contributed by atoms with Crippen molar-refractivity contribution in [2.24, 2.45) is 11.8 Å². The largest absolute Gasteiger partial charge is 0.481 e. The van der Waals surface area contributed by atoms with Crippen LogP contribution in [0.1, 0.15) is 167 Å². The van der Waals surface area contributed by atoms with E-state index in [1.54, 1.807) is 27.5 Å². The number of carbonyl (C=O) groups is 8. The molecule has 2 rings (SSSR count). The van der Waals surface area contributed by atoms with Crippen molar-refractivity contribution in [1.29, 1.82) is 0 Å². The van der Waals surface area contributed by atoms with Gasteiger partial charge in [0.2, 0.25) is 33.3 Å². The van der Waals surface area contributed by atoms with Crippen molar-refractivity contribution in [1.82, 2.24) is 26.2 Å². The molecule has 1 aliphatic heterocycles. The zero-order valence-corrected chi connectivity index (χ0v) is 44.0. The number of rotatable bonds is 44. The van der Waals surface area contributed by atoms with Crippen molar-refractivity contribution in [2.45, 2.75) is 179 Å². The van der Waals surface area contributed by atoms with Crippen LogP contribution in [0.2, 0.25) is 0 Å². The minimum atomic E-state index is -1.20. The summed E-state index contributed by atoms with van der Waals surface area (Å²) in [6.45, 7) is 2.55. The molecular weight excluding hydrogens is 1020 g/mol. The number of halogens is 1. The maximum Gasteiger partial charge on any atom is 0.326 e. The molecule has 19 nitrogen and oxygen atoms in total. The lowest BCUT2D eigenvalue weighted by molar-refractivity contribution is -0.143. The third-order valence-corrected chi connectivity index (χ3v) is 13.5. The summed E-state index contributed by atoms with van der Waals surface area (Å²) in [5.41, 5.74) is 0. The molecule has 20 heteroatoms. The average molecular weight is 1110 g/mol. The maximum absolute atomic E-state index is 13.0. The summed E-state index contributed by atoms with van der Waals surface area (Å²) < 4.78 is 21.4. The van der Waals surface area contributed by atoms with Crippen molar-refractivity contribution >= 4 is 67.9 Å². The number of amides is 5. The van der Waals surface area contributed by atoms with Gasteiger partial charge in [0.1, 0.15) is 25.3 Å². The Bertz CT molecular complexity index is 1520. The van der Waals surface area contributed by atoms with Gasteiger partial charge in [-0.15, -0.1) is 0 Å². The molecule has 1 saturated carbocycles. The lowest BCUT2D eigenvalue weighted by Gasteiger charge is -2.28. The van der Waals surface area contributed by atoms with Crippen LogP contribution >= 0.6 is 22.6 Å². The van der Waals surface area contributed by atoms with E-state index in [1.807, 2.05) is 0 Å². The first-order valence-corrected chi connectivity index (χ1v) is 27.3. The van der Waals surface area contributed by atoms with E-state index < -0.39 is 18.0 Å². The number of nitrogens with zero attached hydrogens (tertiary/aromatic N) is 1. The van der Waals surface area contributed by atoms with E-state index in [2.05, 4.69) is 21.3 Å². The molecule has 5 amide bonds. The number of aliphatic carboxylic acids is 2. The number of hydrogen-bond donors (Lipinski definition) is 6. The molecule has 0 aromatic heterocycles. The van der Waals surface area contributed by atoms with Gasteiger partial charge in [-0.3, -0.25) is 33.6 Å². The Balaban J connectivity index is 1.37. The van der Waals surface area contributed by atoms with Gasteiger partial charge in [-0.2, -0.15) is 0 Å². The molecule has 0 bridgehead atoms. The van der Waals surface area contributed by atoms with E-state index in [9.17, 15) is 43.5 Å². The number of carboxylic acid groups (broad SMARTS) is 2. The summed E-state index contributed by atoms with van der Waals surface area (Å²) in [5.74, 6) is -3.09. The molecule has 6 N–H and O–H groups in total. The van der Waals surface area contributed by atoms with Crippen LogP contribution in [0.3, 0.4) is 0 Å². The summed E-state index contributed by atoms with van der Waals surface area (Å²) in [6, 6.07) is -1.56. The van der Waals surface area contributed by atoms with Crippen molar-refractivity contribution in [3.05, 3.63) is 0 Å². The van der Waals surface area contributed by atoms with E-state index in [-0.39, 0.29) is 130 Å². The number of carbonyl (C=O) groups excluding carboxylic acids is 6. The molecule has 1 saturated heterocycles. The summed E-state index contributed by atoms with van der Waals surface area (Å²) >= 11 is 1.72. The Hall–Kier alpha value is -3.47. The summed E-state index contributed by atoms with van der Waals surface area (Å²) in [7, 11) is 0. The number of nitrogens with one attached hydrogen (secondary N) is 4. The molecule has 0 aromatic carbocycles. The Morgan fingerprint density at radius 1 is 0.543 bits per heavy atom. The van der Waals surface area contributed by atoms with Gasteiger partial charge in [-0.05, 0) is 63.7 Å². The Morgan fingerprint density at radius 2 is 1.03 bits per heavy atom. The number of hydrogen-bond acceptors (Lipinski definition) is 12. The van der Waals surface area contributed by atoms with Crippen LogP contribution in [0.25, 0.3) is 0 Å². The van der Waals surface area contributed by atoms with Gasteiger partial charge in [-0.25, -0.2) is 4.79 Å². The maximum atomic E-state index is 13.0. The van der Waals surface area contributed by atoms with E-state index in [0.717, 1.165) is 57.8 Å². The second-order valence-corrected chi connectivity index (χ2v) is 19.7. The molecule has 0 aromatic rings. The lowest BCUT2D eigenvalue weighted by atomic mass is 9.81. The average Bonchev–Trinajstić information content (AvgIpc) is 3.84. The van der Waals surface area contributed by atoms with Crippen LogP contribution in [0, 0.1) is 11.8 Å². The number of ether oxygens (including phenoxy) is 4. The van der Waals surface area contributed by atoms with Crippen molar-refractivity contribution in [2.75, 3.05) is 79.0 Å². The summed E-state index contributed by atoms with van der Waals surface area (Å²) in [4.78, 5) is 97.7. The first-order valence-electron chi connectivity index (χ1n) is 26.2. The fourth-order valence-electron chi connectivity index (χ4n) is 8.65. The molecule has 2 aliphatic rings. The van der Waals surface area contributed by atoms with Gasteiger partial charge >= 0.3 is 11.9 Å². The lowest BCUT2D eigenvalue weighted by Crippen LogP contribution is -2.45. The normalized spacial score (nSPS) is 17.2. The Morgan fingerprint density at radius 3 is 1.56 bits per heavy atom. The van der Waals surface area contributed by atoms with E-state index in [4.69, 9.17) is 24.1 Å². The molecule has 0 spiro atoms. The Kier molecular flexibility index (Phi) is 36.7. The van der Waals surface area contributed by atoms with Crippen LogP contribution in [-0.2, 0) is 57.3 Å². The van der Waals surface area contributed by atoms with Crippen LogP contribution in [0.5, 0.6) is 0 Å². The monoisotopic (exact) mass is 1110 g/mol. The van der Waals surface area contributed by atoms with Gasteiger partial charge in [0.25, 0.3) is 0 Å². The molecule has 2 atom stereocenters. The quantitative estimate of drug-likeness (QED) is 0.0246. The highest BCUT2D eigenvalue weighted by atomic mass is 127. The predicted octanol–water partition coefficient (Wildman–Crippen LogP) is 5.62. The zero-order chi connectivity index (χ0) is 51.0. The summed E-state index contributed by atoms with van der Waals surface area (Å²) in [5, 5.41) is 29.4. The summed E-state index contributed by atoms with van der Waals surface area (Å²) in [6.07, 6.45) is 23.6. The number of unbranched alkanes of at least 4 members (excludes halogenated alkanes) is 15. The van der Waals surface area contributed by atoms with Crippen molar-refractivity contribution in [3.8, 4) is 0 Å². The zero-order valence-electron chi connectivity index (χ0n) is 41.8. The second kappa shape index (κ2) is 41.1. The van der Waals surface area contributed by atoms with Crippen molar-refractivity contribution in [3.63, 3.8) is 0 Å². The first-order chi connectivity index (χ1) is 33.9. The second-order valence-electron chi connectivity index (χ2n) is 18.6. The van der Waals surface area contributed by atoms with E-state index in [0.29, 0.717) is 45.2 Å². The number of likely N-dealkylation sites (tertiary alicyclic amines) is 1. The predicted molar refractivity (Wildman–Crippen MR) is 271 cm³/mol. The Labute approximate surface area is 429 Å². The van der Waals surface area contributed by atoms with Gasteiger partial charge in [-0.1, -0.05) is 89.9 Å². The first kappa shape index (κ1) is 62.6. The van der Waals surface area contributed by atoms with Gasteiger partial charge in [0.05, 0.1) is 39.6 Å². The molecule has 1 heterocycles. The van der Waals surface area contributed by atoms with Gasteiger partial charge in [0.15, 0.2) is 0 Å². The molecule has 1 aliphatic carbocycles. The SMILES string of the molecule is O=C(O)CCCCCCCCCCCCCCCCCCC(=O)NCC1CCC(C(=O)NC(CCC(=O)NCCOCCOCC(=O)NCCOCCOCC(=O)N2CCCC2C(=O)I)C(=O)O)CC1. The van der Waals surface area contributed by atoms with Crippen LogP contribution in [0.4, 0.5) is 0 Å². The highest BCUT2D eigenvalue weighted by Gasteiger charge is 2.33. The molecule has 402 valence electrons. The van der Waals surface area contributed by atoms with Gasteiger partial charge < -0.3 is 55.3 Å². The molecule has 2 fully saturated rings. The third kappa shape index (κ3) is 32.5. The molecule has 70 heavy (non-hydrogen) atoms. The number of carboxylic acids is 2. The van der Waals surface area contributed by atoms with Gasteiger partial charge in [0, 0.05) is 74.0 Å². The molecule has 0 radical (unpaired) electrons. The smallest absolute Gasteiger partial charge is 0.326 e. The minimum absolute atomic E-state index is 0.0466.